The number of aliphatic carboxylic acids is 1. The minimum absolute atomic E-state index is 0.0308. The molecule has 2 rings (SSSR count). The third-order valence-corrected chi connectivity index (χ3v) is 4.96. The molecule has 7 heteroatoms. The quantitative estimate of drug-likeness (QED) is 0.900. The lowest BCUT2D eigenvalue weighted by atomic mass is 9.87. The summed E-state index contributed by atoms with van der Waals surface area (Å²) >= 11 is 1.88. The van der Waals surface area contributed by atoms with Gasteiger partial charge in [-0.1, -0.05) is 27.2 Å². The van der Waals surface area contributed by atoms with E-state index in [1.165, 1.54) is 12.8 Å². The molecule has 1 aliphatic heterocycles. The lowest BCUT2D eigenvalue weighted by molar-refractivity contribution is -0.138. The Kier molecular flexibility index (Phi) is 5.24. The van der Waals surface area contributed by atoms with E-state index in [0.29, 0.717) is 5.25 Å². The van der Waals surface area contributed by atoms with Crippen molar-refractivity contribution in [2.24, 2.45) is 5.41 Å². The molecule has 0 radical (unpaired) electrons. The molecule has 21 heavy (non-hydrogen) atoms. The highest BCUT2D eigenvalue weighted by Gasteiger charge is 2.29. The molecule has 1 N–H and O–H groups in total. The molecule has 1 aromatic rings. The number of hydrogen-bond acceptors (Lipinski definition) is 5. The Bertz CT molecular complexity index is 478. The molecule has 1 saturated heterocycles. The predicted molar refractivity (Wildman–Crippen MR) is 82.2 cm³/mol. The first-order valence-corrected chi connectivity index (χ1v) is 8.53. The minimum atomic E-state index is -0.804. The summed E-state index contributed by atoms with van der Waals surface area (Å²) in [6.07, 6.45) is 4.30. The van der Waals surface area contributed by atoms with Gasteiger partial charge in [-0.05, 0) is 40.9 Å². The standard InChI is InChI=1S/C14H24N4O2S/c1-14(2,3)9-10(8-12(19)20)18-13(15-16-17-18)11-6-4-5-7-21-11/h10-11H,4-9H2,1-3H3,(H,19,20). The van der Waals surface area contributed by atoms with Crippen LogP contribution >= 0.6 is 11.8 Å². The summed E-state index contributed by atoms with van der Waals surface area (Å²) in [4.78, 5) is 11.2. The molecule has 0 aliphatic carbocycles. The third kappa shape index (κ3) is 4.69. The fraction of sp³-hybridized carbons (Fsp3) is 0.857. The van der Waals surface area contributed by atoms with Gasteiger partial charge in [0.05, 0.1) is 17.7 Å². The number of carbonyl (C=O) groups is 1. The van der Waals surface area contributed by atoms with Crippen molar-refractivity contribution in [3.05, 3.63) is 5.82 Å². The molecule has 0 bridgehead atoms. The zero-order valence-electron chi connectivity index (χ0n) is 12.9. The van der Waals surface area contributed by atoms with Gasteiger partial charge in [0.15, 0.2) is 5.82 Å². The average Bonchev–Trinajstić information content (AvgIpc) is 2.86. The Morgan fingerprint density at radius 3 is 2.81 bits per heavy atom. The predicted octanol–water partition coefficient (Wildman–Crippen LogP) is 3.08. The van der Waals surface area contributed by atoms with Crippen LogP contribution in [-0.2, 0) is 4.79 Å². The van der Waals surface area contributed by atoms with Gasteiger partial charge >= 0.3 is 5.97 Å². The summed E-state index contributed by atoms with van der Waals surface area (Å²) in [5, 5.41) is 21.6. The van der Waals surface area contributed by atoms with Crippen LogP contribution in [0, 0.1) is 5.41 Å². The molecular formula is C14H24N4O2S. The van der Waals surface area contributed by atoms with Gasteiger partial charge in [0.2, 0.25) is 0 Å². The first-order chi connectivity index (χ1) is 9.87. The van der Waals surface area contributed by atoms with Crippen LogP contribution in [0.5, 0.6) is 0 Å². The Morgan fingerprint density at radius 1 is 1.48 bits per heavy atom. The maximum absolute atomic E-state index is 11.2. The number of carboxylic acid groups (broad SMARTS) is 1. The Labute approximate surface area is 129 Å². The number of carboxylic acids is 1. The molecule has 2 heterocycles. The van der Waals surface area contributed by atoms with Crippen molar-refractivity contribution in [2.45, 2.75) is 64.2 Å². The van der Waals surface area contributed by atoms with Gasteiger partial charge < -0.3 is 5.11 Å². The maximum Gasteiger partial charge on any atom is 0.305 e. The van der Waals surface area contributed by atoms with Crippen molar-refractivity contribution in [3.63, 3.8) is 0 Å². The Hall–Kier alpha value is -1.11. The smallest absolute Gasteiger partial charge is 0.305 e. The van der Waals surface area contributed by atoms with Crippen LogP contribution in [0.25, 0.3) is 0 Å². The van der Waals surface area contributed by atoms with E-state index in [9.17, 15) is 9.90 Å². The highest BCUT2D eigenvalue weighted by molar-refractivity contribution is 7.99. The molecule has 1 aromatic heterocycles. The molecule has 2 atom stereocenters. The molecule has 0 aromatic carbocycles. The molecule has 2 unspecified atom stereocenters. The monoisotopic (exact) mass is 312 g/mol. The van der Waals surface area contributed by atoms with Crippen molar-refractivity contribution in [1.29, 1.82) is 0 Å². The van der Waals surface area contributed by atoms with Crippen molar-refractivity contribution in [2.75, 3.05) is 5.75 Å². The first-order valence-electron chi connectivity index (χ1n) is 7.48. The highest BCUT2D eigenvalue weighted by Crippen LogP contribution is 2.39. The second-order valence-corrected chi connectivity index (χ2v) is 8.16. The number of aromatic nitrogens is 4. The van der Waals surface area contributed by atoms with Crippen molar-refractivity contribution < 1.29 is 9.90 Å². The van der Waals surface area contributed by atoms with E-state index in [1.54, 1.807) is 4.68 Å². The number of tetrazole rings is 1. The summed E-state index contributed by atoms with van der Waals surface area (Å²) in [5.74, 6) is 1.16. The topological polar surface area (TPSA) is 80.9 Å². The van der Waals surface area contributed by atoms with Gasteiger partial charge in [0.25, 0.3) is 0 Å². The molecule has 1 aliphatic rings. The number of nitrogens with zero attached hydrogens (tertiary/aromatic N) is 4. The second kappa shape index (κ2) is 6.77. The van der Waals surface area contributed by atoms with E-state index >= 15 is 0 Å². The van der Waals surface area contributed by atoms with Gasteiger partial charge in [0, 0.05) is 0 Å². The van der Waals surface area contributed by atoms with Gasteiger partial charge in [-0.25, -0.2) is 4.68 Å². The van der Waals surface area contributed by atoms with E-state index in [1.807, 2.05) is 11.8 Å². The molecule has 0 saturated carbocycles. The summed E-state index contributed by atoms with van der Waals surface area (Å²) in [5.41, 5.74) is 0.0308. The van der Waals surface area contributed by atoms with E-state index in [-0.39, 0.29) is 17.9 Å². The van der Waals surface area contributed by atoms with Crippen LogP contribution in [0.2, 0.25) is 0 Å². The molecule has 0 spiro atoms. The minimum Gasteiger partial charge on any atom is -0.481 e. The fourth-order valence-electron chi connectivity index (χ4n) is 2.77. The highest BCUT2D eigenvalue weighted by atomic mass is 32.2. The van der Waals surface area contributed by atoms with E-state index in [2.05, 4.69) is 36.3 Å². The molecule has 1 fully saturated rings. The average molecular weight is 312 g/mol. The van der Waals surface area contributed by atoms with Gasteiger partial charge in [0.1, 0.15) is 0 Å². The summed E-state index contributed by atoms with van der Waals surface area (Å²) in [6, 6.07) is -0.185. The van der Waals surface area contributed by atoms with Crippen LogP contribution < -0.4 is 0 Å². The van der Waals surface area contributed by atoms with Crippen molar-refractivity contribution in [1.82, 2.24) is 20.2 Å². The zero-order valence-corrected chi connectivity index (χ0v) is 13.8. The summed E-state index contributed by atoms with van der Waals surface area (Å²) in [6.45, 7) is 6.34. The van der Waals surface area contributed by atoms with E-state index < -0.39 is 5.97 Å². The molecular weight excluding hydrogens is 288 g/mol. The zero-order chi connectivity index (χ0) is 15.5. The molecule has 6 nitrogen and oxygen atoms in total. The lowest BCUT2D eigenvalue weighted by Crippen LogP contribution is -2.24. The Balaban J connectivity index is 2.23. The third-order valence-electron chi connectivity index (χ3n) is 3.59. The maximum atomic E-state index is 11.2. The number of hydrogen-bond donors (Lipinski definition) is 1. The SMILES string of the molecule is CC(C)(C)CC(CC(=O)O)n1nnnc1C1CCCCS1. The van der Waals surface area contributed by atoms with Crippen LogP contribution in [0.4, 0.5) is 0 Å². The van der Waals surface area contributed by atoms with Crippen molar-refractivity contribution in [3.8, 4) is 0 Å². The number of rotatable bonds is 5. The van der Waals surface area contributed by atoms with Crippen molar-refractivity contribution >= 4 is 17.7 Å². The first kappa shape index (κ1) is 16.3. The summed E-state index contributed by atoms with van der Waals surface area (Å²) < 4.78 is 1.77. The van der Waals surface area contributed by atoms with Crippen LogP contribution in [0.1, 0.15) is 70.0 Å². The molecule has 118 valence electrons. The van der Waals surface area contributed by atoms with E-state index in [4.69, 9.17) is 0 Å². The van der Waals surface area contributed by atoms with Crippen LogP contribution in [0.15, 0.2) is 0 Å². The van der Waals surface area contributed by atoms with Gasteiger partial charge in [-0.15, -0.1) is 5.10 Å². The summed E-state index contributed by atoms with van der Waals surface area (Å²) in [7, 11) is 0. The normalized spacial score (nSPS) is 21.2. The van der Waals surface area contributed by atoms with Gasteiger partial charge in [-0.2, -0.15) is 11.8 Å². The lowest BCUT2D eigenvalue weighted by Gasteiger charge is -2.27. The van der Waals surface area contributed by atoms with Gasteiger partial charge in [-0.3, -0.25) is 4.79 Å². The molecule has 0 amide bonds. The fourth-order valence-corrected chi connectivity index (χ4v) is 4.06. The second-order valence-electron chi connectivity index (χ2n) is 6.85. The van der Waals surface area contributed by atoms with E-state index in [0.717, 1.165) is 24.4 Å². The van der Waals surface area contributed by atoms with Crippen LogP contribution in [0.3, 0.4) is 0 Å². The largest absolute Gasteiger partial charge is 0.481 e. The van der Waals surface area contributed by atoms with Crippen LogP contribution in [-0.4, -0.2) is 37.0 Å². The number of thioether (sulfide) groups is 1. The Morgan fingerprint density at radius 2 is 2.24 bits per heavy atom.